The second-order valence-electron chi connectivity index (χ2n) is 7.45. The van der Waals surface area contributed by atoms with Gasteiger partial charge in [0.05, 0.1) is 12.2 Å². The molecule has 0 saturated carbocycles. The van der Waals surface area contributed by atoms with Crippen LogP contribution < -0.4 is 10.6 Å². The van der Waals surface area contributed by atoms with Crippen LogP contribution in [0.1, 0.15) is 30.5 Å². The van der Waals surface area contributed by atoms with Crippen LogP contribution in [0.25, 0.3) is 0 Å². The minimum absolute atomic E-state index is 0.305. The summed E-state index contributed by atoms with van der Waals surface area (Å²) >= 11 is 5.39. The quantitative estimate of drug-likeness (QED) is 0.761. The van der Waals surface area contributed by atoms with Gasteiger partial charge in [-0.3, -0.25) is 4.90 Å². The fourth-order valence-electron chi connectivity index (χ4n) is 3.51. The molecular weight excluding hydrogens is 354 g/mol. The third-order valence-electron chi connectivity index (χ3n) is 4.65. The highest BCUT2D eigenvalue weighted by Gasteiger charge is 2.21. The summed E-state index contributed by atoms with van der Waals surface area (Å²) in [6.07, 6.45) is 0.610. The van der Waals surface area contributed by atoms with E-state index in [1.165, 1.54) is 16.7 Å². The van der Waals surface area contributed by atoms with Crippen LogP contribution in [0.4, 0.5) is 5.69 Å². The standard InChI is InChI=1S/C22H29N3OS/c1-16-5-4-6-21(11-16)24-22(27)23-12-19-7-9-20(10-8-19)15-25-13-17(2)26-18(3)14-25/h4-11,17-18H,12-15H2,1-3H3,(H2,23,24,27)/t17-,18-/m1/s1. The number of morpholine rings is 1. The minimum Gasteiger partial charge on any atom is -0.373 e. The van der Waals surface area contributed by atoms with Crippen molar-refractivity contribution in [2.75, 3.05) is 18.4 Å². The molecule has 27 heavy (non-hydrogen) atoms. The molecule has 1 heterocycles. The lowest BCUT2D eigenvalue weighted by Gasteiger charge is -2.35. The second kappa shape index (κ2) is 9.31. The van der Waals surface area contributed by atoms with Crippen molar-refractivity contribution in [2.45, 2.75) is 46.1 Å². The molecule has 0 aliphatic carbocycles. The van der Waals surface area contributed by atoms with Crippen molar-refractivity contribution in [2.24, 2.45) is 0 Å². The SMILES string of the molecule is Cc1cccc(NC(=S)NCc2ccc(CN3C[C@@H](C)O[C@H](C)C3)cc2)c1. The molecule has 1 aliphatic heterocycles. The molecule has 0 aromatic heterocycles. The van der Waals surface area contributed by atoms with E-state index >= 15 is 0 Å². The van der Waals surface area contributed by atoms with Crippen LogP contribution in [0.15, 0.2) is 48.5 Å². The number of hydrogen-bond acceptors (Lipinski definition) is 3. The Kier molecular flexibility index (Phi) is 6.83. The van der Waals surface area contributed by atoms with Gasteiger partial charge in [-0.05, 0) is 61.8 Å². The minimum atomic E-state index is 0.305. The highest BCUT2D eigenvalue weighted by atomic mass is 32.1. The maximum absolute atomic E-state index is 5.81. The Morgan fingerprint density at radius 3 is 2.41 bits per heavy atom. The highest BCUT2D eigenvalue weighted by molar-refractivity contribution is 7.80. The summed E-state index contributed by atoms with van der Waals surface area (Å²) < 4.78 is 5.81. The van der Waals surface area contributed by atoms with Crippen molar-refractivity contribution in [1.82, 2.24) is 10.2 Å². The van der Waals surface area contributed by atoms with Gasteiger partial charge in [-0.25, -0.2) is 0 Å². The van der Waals surface area contributed by atoms with E-state index in [2.05, 4.69) is 72.7 Å². The van der Waals surface area contributed by atoms with Gasteiger partial charge in [-0.1, -0.05) is 36.4 Å². The number of thiocarbonyl (C=S) groups is 1. The summed E-state index contributed by atoms with van der Waals surface area (Å²) in [4.78, 5) is 2.47. The van der Waals surface area contributed by atoms with Gasteiger partial charge in [-0.15, -0.1) is 0 Å². The molecule has 0 unspecified atom stereocenters. The average molecular weight is 384 g/mol. The van der Waals surface area contributed by atoms with Crippen LogP contribution in [-0.2, 0) is 17.8 Å². The Morgan fingerprint density at radius 2 is 1.74 bits per heavy atom. The molecule has 2 aromatic carbocycles. The van der Waals surface area contributed by atoms with E-state index in [0.717, 1.165) is 25.3 Å². The van der Waals surface area contributed by atoms with Crippen LogP contribution in [0.3, 0.4) is 0 Å². The van der Waals surface area contributed by atoms with Gasteiger partial charge in [-0.2, -0.15) is 0 Å². The number of aryl methyl sites for hydroxylation is 1. The Hall–Kier alpha value is -1.95. The Labute approximate surface area is 167 Å². The highest BCUT2D eigenvalue weighted by Crippen LogP contribution is 2.15. The number of benzene rings is 2. The summed E-state index contributed by atoms with van der Waals surface area (Å²) in [5.41, 5.74) is 4.77. The van der Waals surface area contributed by atoms with Gasteiger partial charge in [0.1, 0.15) is 0 Å². The van der Waals surface area contributed by atoms with Crippen LogP contribution in [0, 0.1) is 6.92 Å². The van der Waals surface area contributed by atoms with E-state index in [1.807, 2.05) is 12.1 Å². The van der Waals surface area contributed by atoms with Crippen molar-refractivity contribution in [3.8, 4) is 0 Å². The smallest absolute Gasteiger partial charge is 0.171 e. The van der Waals surface area contributed by atoms with Gasteiger partial charge < -0.3 is 15.4 Å². The number of anilines is 1. The van der Waals surface area contributed by atoms with E-state index in [9.17, 15) is 0 Å². The molecular formula is C22H29N3OS. The predicted molar refractivity (Wildman–Crippen MR) is 116 cm³/mol. The number of nitrogens with zero attached hydrogens (tertiary/aromatic N) is 1. The normalized spacial score (nSPS) is 20.3. The molecule has 4 nitrogen and oxygen atoms in total. The monoisotopic (exact) mass is 383 g/mol. The van der Waals surface area contributed by atoms with E-state index < -0.39 is 0 Å². The Bertz CT molecular complexity index is 752. The van der Waals surface area contributed by atoms with Crippen molar-refractivity contribution in [1.29, 1.82) is 0 Å². The van der Waals surface area contributed by atoms with Crippen molar-refractivity contribution in [3.63, 3.8) is 0 Å². The van der Waals surface area contributed by atoms with E-state index in [1.54, 1.807) is 0 Å². The summed E-state index contributed by atoms with van der Waals surface area (Å²) in [7, 11) is 0. The molecule has 5 heteroatoms. The van der Waals surface area contributed by atoms with Crippen LogP contribution in [0.2, 0.25) is 0 Å². The zero-order chi connectivity index (χ0) is 19.2. The molecule has 2 N–H and O–H groups in total. The lowest BCUT2D eigenvalue weighted by molar-refractivity contribution is -0.0704. The Balaban J connectivity index is 1.47. The van der Waals surface area contributed by atoms with E-state index in [4.69, 9.17) is 17.0 Å². The fourth-order valence-corrected chi connectivity index (χ4v) is 3.70. The van der Waals surface area contributed by atoms with E-state index in [-0.39, 0.29) is 0 Å². The van der Waals surface area contributed by atoms with Gasteiger partial charge in [0.15, 0.2) is 5.11 Å². The molecule has 0 amide bonds. The van der Waals surface area contributed by atoms with Crippen molar-refractivity contribution in [3.05, 3.63) is 65.2 Å². The number of rotatable bonds is 5. The third-order valence-corrected chi connectivity index (χ3v) is 4.90. The average Bonchev–Trinajstić information content (AvgIpc) is 2.60. The number of hydrogen-bond donors (Lipinski definition) is 2. The largest absolute Gasteiger partial charge is 0.373 e. The molecule has 1 aliphatic rings. The summed E-state index contributed by atoms with van der Waals surface area (Å²) in [5, 5.41) is 7.14. The first-order valence-electron chi connectivity index (χ1n) is 9.55. The summed E-state index contributed by atoms with van der Waals surface area (Å²) in [5.74, 6) is 0. The molecule has 0 bridgehead atoms. The topological polar surface area (TPSA) is 36.5 Å². The predicted octanol–water partition coefficient (Wildman–Crippen LogP) is 4.09. The van der Waals surface area contributed by atoms with Gasteiger partial charge >= 0.3 is 0 Å². The Morgan fingerprint density at radius 1 is 1.07 bits per heavy atom. The van der Waals surface area contributed by atoms with Crippen LogP contribution in [-0.4, -0.2) is 35.3 Å². The molecule has 144 valence electrons. The first-order valence-corrected chi connectivity index (χ1v) is 9.96. The van der Waals surface area contributed by atoms with E-state index in [0.29, 0.717) is 23.9 Å². The molecule has 0 radical (unpaired) electrons. The molecule has 2 atom stereocenters. The van der Waals surface area contributed by atoms with Crippen molar-refractivity contribution < 1.29 is 4.74 Å². The molecule has 2 aromatic rings. The second-order valence-corrected chi connectivity index (χ2v) is 7.85. The van der Waals surface area contributed by atoms with Gasteiger partial charge in [0, 0.05) is 31.9 Å². The molecule has 1 saturated heterocycles. The zero-order valence-electron chi connectivity index (χ0n) is 16.4. The van der Waals surface area contributed by atoms with Crippen LogP contribution in [0.5, 0.6) is 0 Å². The first-order chi connectivity index (χ1) is 13.0. The first kappa shape index (κ1) is 19.8. The molecule has 3 rings (SSSR count). The summed E-state index contributed by atoms with van der Waals surface area (Å²) in [6, 6.07) is 16.9. The maximum Gasteiger partial charge on any atom is 0.171 e. The summed E-state index contributed by atoms with van der Waals surface area (Å²) in [6.45, 7) is 10.0. The van der Waals surface area contributed by atoms with Gasteiger partial charge in [0.25, 0.3) is 0 Å². The van der Waals surface area contributed by atoms with Crippen molar-refractivity contribution >= 4 is 23.0 Å². The van der Waals surface area contributed by atoms with Gasteiger partial charge in [0.2, 0.25) is 0 Å². The number of nitrogens with one attached hydrogen (secondary N) is 2. The zero-order valence-corrected chi connectivity index (χ0v) is 17.2. The number of ether oxygens (including phenoxy) is 1. The lowest BCUT2D eigenvalue weighted by Crippen LogP contribution is -2.44. The fraction of sp³-hybridized carbons (Fsp3) is 0.409. The van der Waals surface area contributed by atoms with Crippen LogP contribution >= 0.6 is 12.2 Å². The third kappa shape index (κ3) is 6.31. The maximum atomic E-state index is 5.81. The molecule has 0 spiro atoms. The lowest BCUT2D eigenvalue weighted by atomic mass is 10.1. The molecule has 1 fully saturated rings.